The Labute approximate surface area is 495 Å². The molecule has 0 aliphatic heterocycles. The predicted molar refractivity (Wildman–Crippen MR) is 358 cm³/mol. The van der Waals surface area contributed by atoms with Gasteiger partial charge in [-0.05, 0) is 139 Å². The summed E-state index contributed by atoms with van der Waals surface area (Å²) in [5.74, 6) is 0. The van der Waals surface area contributed by atoms with Gasteiger partial charge < -0.3 is 9.80 Å². The number of fused-ring (bicyclic) bond motifs is 2. The molecule has 0 atom stereocenters. The maximum atomic E-state index is 4.46. The average molecular weight is 1110 g/mol. The third-order valence-electron chi connectivity index (χ3n) is 16.4. The molecule has 0 saturated carbocycles. The molecular weight excluding hydrogens is 1060 g/mol. The van der Waals surface area contributed by atoms with Crippen molar-refractivity contribution in [1.29, 1.82) is 0 Å². The fraction of sp³-hybridized carbons (Fsp3) is 0. The summed E-state index contributed by atoms with van der Waals surface area (Å²) in [6.07, 6.45) is 7.53. The van der Waals surface area contributed by atoms with Gasteiger partial charge in [0.05, 0.1) is 11.4 Å². The van der Waals surface area contributed by atoms with E-state index in [-0.39, 0.29) is 0 Å². The highest BCUT2D eigenvalue weighted by atomic mass is 32.1. The molecule has 4 heterocycles. The number of thiophene rings is 2. The lowest BCUT2D eigenvalue weighted by Gasteiger charge is -2.29. The van der Waals surface area contributed by atoms with E-state index >= 15 is 0 Å². The van der Waals surface area contributed by atoms with Crippen molar-refractivity contribution in [3.8, 4) is 65.4 Å². The van der Waals surface area contributed by atoms with E-state index in [0.717, 1.165) is 56.4 Å². The second-order valence-corrected chi connectivity index (χ2v) is 23.4. The Morgan fingerprint density at radius 1 is 0.262 bits per heavy atom. The second-order valence-electron chi connectivity index (χ2n) is 21.3. The van der Waals surface area contributed by atoms with Crippen molar-refractivity contribution in [1.82, 2.24) is 9.97 Å². The first kappa shape index (κ1) is 49.3. The van der Waals surface area contributed by atoms with E-state index in [9.17, 15) is 0 Å². The van der Waals surface area contributed by atoms with Gasteiger partial charge in [0.2, 0.25) is 0 Å². The first-order valence-electron chi connectivity index (χ1n) is 28.3. The van der Waals surface area contributed by atoms with Crippen molar-refractivity contribution in [2.24, 2.45) is 0 Å². The van der Waals surface area contributed by atoms with Crippen LogP contribution in [-0.2, 0) is 0 Å². The van der Waals surface area contributed by atoms with Gasteiger partial charge in [-0.3, -0.25) is 9.97 Å². The number of hydrogen-bond acceptors (Lipinski definition) is 6. The second kappa shape index (κ2) is 20.8. The monoisotopic (exact) mass is 1110 g/mol. The molecule has 0 bridgehead atoms. The highest BCUT2D eigenvalue weighted by Crippen LogP contribution is 2.52. The van der Waals surface area contributed by atoms with Crippen LogP contribution in [0.4, 0.5) is 34.1 Å². The molecule has 4 aromatic heterocycles. The lowest BCUT2D eigenvalue weighted by atomic mass is 9.91. The van der Waals surface area contributed by atoms with E-state index in [1.54, 1.807) is 0 Å². The van der Waals surface area contributed by atoms with E-state index < -0.39 is 0 Å². The molecule has 4 nitrogen and oxygen atoms in total. The Morgan fingerprint density at radius 3 is 0.988 bits per heavy atom. The van der Waals surface area contributed by atoms with Crippen LogP contribution < -0.4 is 9.80 Å². The minimum Gasteiger partial charge on any atom is -0.310 e. The van der Waals surface area contributed by atoms with Crippen LogP contribution >= 0.6 is 22.7 Å². The molecule has 0 saturated heterocycles. The molecule has 0 fully saturated rings. The Balaban J connectivity index is 0.895. The zero-order chi connectivity index (χ0) is 55.5. The molecule has 16 rings (SSSR count). The molecule has 0 radical (unpaired) electrons. The Hall–Kier alpha value is -10.5. The number of benzene rings is 12. The summed E-state index contributed by atoms with van der Waals surface area (Å²) < 4.78 is 2.46. The van der Waals surface area contributed by atoms with Gasteiger partial charge in [-0.15, -0.1) is 22.7 Å². The summed E-state index contributed by atoms with van der Waals surface area (Å²) >= 11 is 3.73. The average Bonchev–Trinajstić information content (AvgIpc) is 1.68. The third-order valence-corrected chi connectivity index (χ3v) is 18.8. The Morgan fingerprint density at radius 2 is 0.607 bits per heavy atom. The fourth-order valence-electron chi connectivity index (χ4n) is 12.5. The highest BCUT2D eigenvalue weighted by molar-refractivity contribution is 7.23. The van der Waals surface area contributed by atoms with Crippen LogP contribution in [0, 0.1) is 0 Å². The molecule has 0 N–H and O–H groups in total. The summed E-state index contributed by atoms with van der Waals surface area (Å²) in [5.41, 5.74) is 18.3. The summed E-state index contributed by atoms with van der Waals surface area (Å²) in [5, 5.41) is 9.69. The van der Waals surface area contributed by atoms with Crippen molar-refractivity contribution in [3.05, 3.63) is 304 Å². The van der Waals surface area contributed by atoms with Crippen molar-refractivity contribution >= 4 is 109 Å². The lowest BCUT2D eigenvalue weighted by molar-refractivity contribution is 1.30. The van der Waals surface area contributed by atoms with Crippen LogP contribution in [0.15, 0.2) is 304 Å². The number of rotatable bonds is 12. The summed E-state index contributed by atoms with van der Waals surface area (Å²) in [6, 6.07) is 102. The third kappa shape index (κ3) is 8.58. The topological polar surface area (TPSA) is 32.3 Å². The van der Waals surface area contributed by atoms with Gasteiger partial charge in [0.1, 0.15) is 0 Å². The van der Waals surface area contributed by atoms with E-state index in [0.29, 0.717) is 0 Å². The van der Waals surface area contributed by atoms with Gasteiger partial charge in [0.15, 0.2) is 0 Å². The van der Waals surface area contributed by atoms with Crippen molar-refractivity contribution < 1.29 is 0 Å². The van der Waals surface area contributed by atoms with Crippen molar-refractivity contribution in [3.63, 3.8) is 0 Å². The van der Waals surface area contributed by atoms with Crippen LogP contribution in [0.25, 0.3) is 118 Å². The van der Waals surface area contributed by atoms with Gasteiger partial charge in [-0.1, -0.05) is 206 Å². The molecule has 0 aliphatic rings. The van der Waals surface area contributed by atoms with Crippen molar-refractivity contribution in [2.75, 3.05) is 9.80 Å². The van der Waals surface area contributed by atoms with Crippen molar-refractivity contribution in [2.45, 2.75) is 0 Å². The molecule has 84 heavy (non-hydrogen) atoms. The Kier molecular flexibility index (Phi) is 12.2. The maximum absolute atomic E-state index is 4.46. The zero-order valence-electron chi connectivity index (χ0n) is 45.5. The number of nitrogens with zero attached hydrogens (tertiary/aromatic N) is 4. The molecule has 0 aliphatic carbocycles. The molecular formula is C78H50N4S2. The minimum absolute atomic E-state index is 1.07. The summed E-state index contributed by atoms with van der Waals surface area (Å²) in [6.45, 7) is 0. The standard InChI is InChI=1S/C78H50N4S2/c1-5-15-53(16-6-1)75-67-41-37-63(47-71(67)83-77(75)57-19-9-3-10-20-57)81(61-33-25-51(26-34-61)59-23-13-45-79-49-59)69-43-31-55-30-40-66-70(44-32-56-29-39-65(69)73(55)74(56)66)82(62-35-27-52(28-36-62)60-24-14-46-80-50-60)64-38-42-68-72(48-64)84-78(58-21-11-4-12-22-58)76(68)54-17-7-2-8-18-54/h1-50H. The zero-order valence-corrected chi connectivity index (χ0v) is 47.1. The number of aromatic nitrogens is 2. The molecule has 12 aromatic carbocycles. The van der Waals surface area contributed by atoms with E-state index in [1.165, 1.54) is 95.6 Å². The Bertz CT molecular complexity index is 4710. The fourth-order valence-corrected chi connectivity index (χ4v) is 15.0. The smallest absolute Gasteiger partial charge is 0.0540 e. The van der Waals surface area contributed by atoms with Crippen LogP contribution in [0.3, 0.4) is 0 Å². The predicted octanol–water partition coefficient (Wildman–Crippen LogP) is 22.7. The van der Waals surface area contributed by atoms with Crippen LogP contribution in [0.1, 0.15) is 0 Å². The lowest BCUT2D eigenvalue weighted by Crippen LogP contribution is -2.11. The van der Waals surface area contributed by atoms with Crippen LogP contribution in [0.5, 0.6) is 0 Å². The molecule has 0 spiro atoms. The quantitative estimate of drug-likeness (QED) is 0.114. The number of anilines is 6. The first-order valence-corrected chi connectivity index (χ1v) is 30.0. The number of pyridine rings is 2. The highest BCUT2D eigenvalue weighted by Gasteiger charge is 2.25. The summed E-state index contributed by atoms with van der Waals surface area (Å²) in [4.78, 5) is 16.4. The van der Waals surface area contributed by atoms with Gasteiger partial charge in [0.25, 0.3) is 0 Å². The molecule has 6 heteroatoms. The van der Waals surface area contributed by atoms with Gasteiger partial charge in [-0.2, -0.15) is 0 Å². The summed E-state index contributed by atoms with van der Waals surface area (Å²) in [7, 11) is 0. The van der Waals surface area contributed by atoms with E-state index in [2.05, 4.69) is 287 Å². The minimum atomic E-state index is 1.07. The van der Waals surface area contributed by atoms with Gasteiger partial charge >= 0.3 is 0 Å². The van der Waals surface area contributed by atoms with Gasteiger partial charge in [-0.25, -0.2) is 0 Å². The van der Waals surface area contributed by atoms with Gasteiger partial charge in [0, 0.05) is 99.4 Å². The number of hydrogen-bond donors (Lipinski definition) is 0. The maximum Gasteiger partial charge on any atom is 0.0540 e. The van der Waals surface area contributed by atoms with Crippen LogP contribution in [0.2, 0.25) is 0 Å². The van der Waals surface area contributed by atoms with E-state index in [1.807, 2.05) is 59.6 Å². The molecule has 16 aromatic rings. The normalized spacial score (nSPS) is 11.6. The SMILES string of the molecule is c1ccc(-c2sc3cc(N(c4ccc(-c5cccnc5)cc4)c4ccc5ccc6c(N(c7ccc(-c8cccnc8)cc7)c7ccc8c(-c9ccccc9)c(-c9ccccc9)sc8c7)ccc7ccc4c5c76)ccc3c2-c2ccccc2)cc1. The molecule has 0 unspecified atom stereocenters. The van der Waals surface area contributed by atoms with Crippen LogP contribution in [-0.4, -0.2) is 9.97 Å². The largest absolute Gasteiger partial charge is 0.310 e. The molecule has 394 valence electrons. The first-order chi connectivity index (χ1) is 41.7. The molecule has 0 amide bonds. The van der Waals surface area contributed by atoms with E-state index in [4.69, 9.17) is 0 Å².